The average molecular weight is 441 g/mol. The quantitative estimate of drug-likeness (QED) is 0.388. The summed E-state index contributed by atoms with van der Waals surface area (Å²) in [5.41, 5.74) is 1.86. The zero-order valence-corrected chi connectivity index (χ0v) is 18.1. The van der Waals surface area contributed by atoms with Crippen LogP contribution < -0.4 is 9.64 Å². The highest BCUT2D eigenvalue weighted by Gasteiger charge is 2.21. The van der Waals surface area contributed by atoms with Gasteiger partial charge < -0.3 is 9.30 Å². The third-order valence-corrected chi connectivity index (χ3v) is 5.88. The van der Waals surface area contributed by atoms with Crippen molar-refractivity contribution in [2.75, 3.05) is 18.1 Å². The van der Waals surface area contributed by atoms with Crippen LogP contribution in [0.2, 0.25) is 5.02 Å². The first-order chi connectivity index (χ1) is 14.6. The maximum Gasteiger partial charge on any atom is 0.266 e. The highest BCUT2D eigenvalue weighted by molar-refractivity contribution is 7.22. The number of para-hydroxylation sites is 1. The lowest BCUT2D eigenvalue weighted by Gasteiger charge is -2.20. The number of rotatable bonds is 8. The molecule has 0 radical (unpaired) electrons. The number of fused-ring (bicyclic) bond motifs is 1. The Kier molecular flexibility index (Phi) is 6.30. The summed E-state index contributed by atoms with van der Waals surface area (Å²) in [5.74, 6) is 0.531. The van der Waals surface area contributed by atoms with Crippen molar-refractivity contribution in [2.45, 2.75) is 19.9 Å². The lowest BCUT2D eigenvalue weighted by Crippen LogP contribution is -2.36. The molecule has 0 atom stereocenters. The molecule has 0 N–H and O–H groups in total. The van der Waals surface area contributed by atoms with Crippen molar-refractivity contribution in [3.63, 3.8) is 0 Å². The van der Waals surface area contributed by atoms with Gasteiger partial charge in [-0.25, -0.2) is 9.97 Å². The Morgan fingerprint density at radius 3 is 2.87 bits per heavy atom. The van der Waals surface area contributed by atoms with Crippen molar-refractivity contribution in [1.29, 1.82) is 0 Å². The van der Waals surface area contributed by atoms with Gasteiger partial charge in [0.05, 0.1) is 16.5 Å². The van der Waals surface area contributed by atoms with Crippen LogP contribution in [0.3, 0.4) is 0 Å². The van der Waals surface area contributed by atoms with E-state index in [1.807, 2.05) is 60.2 Å². The molecule has 4 rings (SSSR count). The summed E-state index contributed by atoms with van der Waals surface area (Å²) in [5, 5.41) is 1.32. The van der Waals surface area contributed by atoms with E-state index in [1.54, 1.807) is 17.4 Å². The number of imidazole rings is 1. The van der Waals surface area contributed by atoms with E-state index in [-0.39, 0.29) is 12.5 Å². The summed E-state index contributed by atoms with van der Waals surface area (Å²) in [6.45, 7) is 3.22. The highest BCUT2D eigenvalue weighted by Crippen LogP contribution is 2.33. The fraction of sp³-hybridized carbons (Fsp3) is 0.227. The van der Waals surface area contributed by atoms with Crippen molar-refractivity contribution >= 4 is 44.2 Å². The zero-order valence-electron chi connectivity index (χ0n) is 16.5. The third kappa shape index (κ3) is 4.80. The van der Waals surface area contributed by atoms with Crippen molar-refractivity contribution < 1.29 is 9.53 Å². The van der Waals surface area contributed by atoms with Crippen molar-refractivity contribution in [2.24, 2.45) is 0 Å². The number of hydrogen-bond donors (Lipinski definition) is 0. The average Bonchev–Trinajstić information content (AvgIpc) is 3.40. The van der Waals surface area contributed by atoms with Crippen LogP contribution in [0.5, 0.6) is 5.75 Å². The van der Waals surface area contributed by atoms with Gasteiger partial charge in [-0.1, -0.05) is 41.1 Å². The van der Waals surface area contributed by atoms with Crippen LogP contribution in [0, 0.1) is 6.92 Å². The summed E-state index contributed by atoms with van der Waals surface area (Å²) < 4.78 is 8.64. The molecule has 0 saturated carbocycles. The number of aryl methyl sites for hydroxylation is 2. The fourth-order valence-corrected chi connectivity index (χ4v) is 4.62. The van der Waals surface area contributed by atoms with E-state index >= 15 is 0 Å². The maximum atomic E-state index is 13.1. The number of benzene rings is 2. The van der Waals surface area contributed by atoms with Gasteiger partial charge in [0.2, 0.25) is 0 Å². The zero-order chi connectivity index (χ0) is 20.9. The second kappa shape index (κ2) is 9.28. The van der Waals surface area contributed by atoms with E-state index in [2.05, 4.69) is 4.98 Å². The molecule has 2 heterocycles. The number of nitrogens with zero attached hydrogens (tertiary/aromatic N) is 4. The molecule has 0 aliphatic heterocycles. The number of anilines is 1. The van der Waals surface area contributed by atoms with Crippen molar-refractivity contribution in [3.05, 3.63) is 71.8 Å². The first-order valence-electron chi connectivity index (χ1n) is 9.61. The molecule has 0 bridgehead atoms. The second-order valence-corrected chi connectivity index (χ2v) is 8.31. The summed E-state index contributed by atoms with van der Waals surface area (Å²) >= 11 is 7.67. The van der Waals surface area contributed by atoms with Crippen molar-refractivity contribution in [3.8, 4) is 5.75 Å². The minimum atomic E-state index is -0.132. The molecule has 8 heteroatoms. The fourth-order valence-electron chi connectivity index (χ4n) is 3.16. The molecule has 0 aliphatic rings. The molecule has 0 spiro atoms. The van der Waals surface area contributed by atoms with Gasteiger partial charge in [-0.2, -0.15) is 0 Å². The van der Waals surface area contributed by atoms with Crippen LogP contribution in [0.1, 0.15) is 12.0 Å². The number of amides is 1. The van der Waals surface area contributed by atoms with Crippen molar-refractivity contribution in [1.82, 2.24) is 14.5 Å². The van der Waals surface area contributed by atoms with Gasteiger partial charge in [0, 0.05) is 30.5 Å². The Hall–Kier alpha value is -2.90. The predicted octanol–water partition coefficient (Wildman–Crippen LogP) is 4.96. The summed E-state index contributed by atoms with van der Waals surface area (Å²) in [6.07, 6.45) is 6.20. The SMILES string of the molecule is Cc1cc(Cl)cc2sc(N(CCCn3ccnc3)C(=O)COc3ccccc3)nc12. The third-order valence-electron chi connectivity index (χ3n) is 4.63. The Bertz CT molecular complexity index is 1130. The Balaban J connectivity index is 1.54. The molecule has 0 fully saturated rings. The summed E-state index contributed by atoms with van der Waals surface area (Å²) in [7, 11) is 0. The Morgan fingerprint density at radius 2 is 2.10 bits per heavy atom. The van der Waals surface area contributed by atoms with E-state index in [9.17, 15) is 4.79 Å². The monoisotopic (exact) mass is 440 g/mol. The van der Waals surface area contributed by atoms with Gasteiger partial charge >= 0.3 is 0 Å². The van der Waals surface area contributed by atoms with Gasteiger partial charge in [-0.3, -0.25) is 9.69 Å². The largest absolute Gasteiger partial charge is 0.484 e. The summed E-state index contributed by atoms with van der Waals surface area (Å²) in [4.78, 5) is 23.6. The van der Waals surface area contributed by atoms with Crippen LogP contribution in [0.4, 0.5) is 5.13 Å². The lowest BCUT2D eigenvalue weighted by atomic mass is 10.2. The molecule has 0 aliphatic carbocycles. The normalized spacial score (nSPS) is 11.0. The van der Waals surface area contributed by atoms with Crippen LogP contribution >= 0.6 is 22.9 Å². The molecular formula is C22H21ClN4O2S. The van der Waals surface area contributed by atoms with Crippen LogP contribution in [0.25, 0.3) is 10.2 Å². The predicted molar refractivity (Wildman–Crippen MR) is 121 cm³/mol. The van der Waals surface area contributed by atoms with E-state index in [0.29, 0.717) is 22.4 Å². The maximum absolute atomic E-state index is 13.1. The lowest BCUT2D eigenvalue weighted by molar-refractivity contribution is -0.120. The molecule has 30 heavy (non-hydrogen) atoms. The molecule has 4 aromatic rings. The minimum Gasteiger partial charge on any atom is -0.484 e. The Morgan fingerprint density at radius 1 is 1.27 bits per heavy atom. The number of carbonyl (C=O) groups is 1. The Labute approximate surface area is 183 Å². The topological polar surface area (TPSA) is 60.2 Å². The van der Waals surface area contributed by atoms with E-state index < -0.39 is 0 Å². The minimum absolute atomic E-state index is 0.0508. The molecule has 6 nitrogen and oxygen atoms in total. The smallest absolute Gasteiger partial charge is 0.266 e. The van der Waals surface area contributed by atoms with Gasteiger partial charge in [0.25, 0.3) is 5.91 Å². The van der Waals surface area contributed by atoms with Gasteiger partial charge in [-0.05, 0) is 43.2 Å². The summed E-state index contributed by atoms with van der Waals surface area (Å²) in [6, 6.07) is 13.1. The van der Waals surface area contributed by atoms with E-state index in [4.69, 9.17) is 21.3 Å². The van der Waals surface area contributed by atoms with Gasteiger partial charge in [0.1, 0.15) is 5.75 Å². The number of carbonyl (C=O) groups excluding carboxylic acids is 1. The first kappa shape index (κ1) is 20.4. The number of thiazole rings is 1. The first-order valence-corrected chi connectivity index (χ1v) is 10.8. The highest BCUT2D eigenvalue weighted by atomic mass is 35.5. The number of hydrogen-bond acceptors (Lipinski definition) is 5. The molecule has 0 saturated heterocycles. The number of aromatic nitrogens is 3. The number of halogens is 1. The van der Waals surface area contributed by atoms with Crippen LogP contribution in [0.15, 0.2) is 61.2 Å². The van der Waals surface area contributed by atoms with Crippen LogP contribution in [-0.2, 0) is 11.3 Å². The number of ether oxygens (including phenoxy) is 1. The van der Waals surface area contributed by atoms with Gasteiger partial charge in [-0.15, -0.1) is 0 Å². The molecule has 2 aromatic carbocycles. The molecule has 154 valence electrons. The molecular weight excluding hydrogens is 420 g/mol. The van der Waals surface area contributed by atoms with E-state index in [1.165, 1.54) is 11.3 Å². The van der Waals surface area contributed by atoms with E-state index in [0.717, 1.165) is 28.7 Å². The second-order valence-electron chi connectivity index (χ2n) is 6.87. The van der Waals surface area contributed by atoms with Crippen LogP contribution in [-0.4, -0.2) is 33.6 Å². The molecule has 0 unspecified atom stereocenters. The van der Waals surface area contributed by atoms with Gasteiger partial charge in [0.15, 0.2) is 11.7 Å². The molecule has 1 amide bonds. The molecule has 2 aromatic heterocycles. The standard InChI is InChI=1S/C22H21ClN4O2S/c1-16-12-17(23)13-19-21(16)25-22(30-19)27(10-5-9-26-11-8-24-15-26)20(28)14-29-18-6-3-2-4-7-18/h2-4,6-8,11-13,15H,5,9-10,14H2,1H3.